The maximum Gasteiger partial charge on any atom is 0.262 e. The van der Waals surface area contributed by atoms with E-state index in [0.717, 1.165) is 10.0 Å². The van der Waals surface area contributed by atoms with Gasteiger partial charge in [0.05, 0.1) is 10.6 Å². The second kappa shape index (κ2) is 5.69. The van der Waals surface area contributed by atoms with Gasteiger partial charge in [0, 0.05) is 10.2 Å². The summed E-state index contributed by atoms with van der Waals surface area (Å²) in [6, 6.07) is 8.75. The van der Waals surface area contributed by atoms with Crippen molar-refractivity contribution < 1.29 is 8.42 Å². The molecular formula is C15H17BrN2O2S. The molecule has 2 rings (SSSR count). The topological polar surface area (TPSA) is 72.2 Å². The van der Waals surface area contributed by atoms with Gasteiger partial charge in [0.25, 0.3) is 10.0 Å². The summed E-state index contributed by atoms with van der Waals surface area (Å²) in [5.41, 5.74) is 9.04. The summed E-state index contributed by atoms with van der Waals surface area (Å²) in [6.45, 7) is 5.38. The molecular weight excluding hydrogens is 352 g/mol. The largest absolute Gasteiger partial charge is 0.399 e. The molecule has 0 aliphatic carbocycles. The lowest BCUT2D eigenvalue weighted by Crippen LogP contribution is -2.16. The Morgan fingerprint density at radius 3 is 2.19 bits per heavy atom. The molecule has 0 aliphatic rings. The molecule has 0 saturated carbocycles. The summed E-state index contributed by atoms with van der Waals surface area (Å²) in [4.78, 5) is 0.269. The molecule has 0 aromatic heterocycles. The summed E-state index contributed by atoms with van der Waals surface area (Å²) in [5, 5.41) is 0. The summed E-state index contributed by atoms with van der Waals surface area (Å²) in [6.07, 6.45) is 0. The van der Waals surface area contributed by atoms with Crippen LogP contribution in [0.25, 0.3) is 0 Å². The second-order valence-electron chi connectivity index (χ2n) is 5.03. The fraction of sp³-hybridized carbons (Fsp3) is 0.200. The van der Waals surface area contributed by atoms with E-state index in [1.54, 1.807) is 38.1 Å². The van der Waals surface area contributed by atoms with E-state index < -0.39 is 10.0 Å². The summed E-state index contributed by atoms with van der Waals surface area (Å²) in [5.74, 6) is 0. The van der Waals surface area contributed by atoms with Crippen molar-refractivity contribution in [2.24, 2.45) is 0 Å². The van der Waals surface area contributed by atoms with Crippen LogP contribution in [0.1, 0.15) is 16.7 Å². The monoisotopic (exact) mass is 368 g/mol. The standard InChI is InChI=1S/C15H17BrN2O2S/c1-9-5-4-6-13(14(9)16)18-21(19,20)15-10(2)7-12(17)8-11(15)3/h4-8,18H,17H2,1-3H3. The number of nitrogen functional groups attached to an aromatic ring is 1. The van der Waals surface area contributed by atoms with E-state index in [1.807, 2.05) is 13.0 Å². The zero-order valence-corrected chi connectivity index (χ0v) is 14.5. The molecule has 0 amide bonds. The number of nitrogens with two attached hydrogens (primary N) is 1. The Morgan fingerprint density at radius 2 is 1.62 bits per heavy atom. The third kappa shape index (κ3) is 3.22. The minimum atomic E-state index is -3.67. The predicted molar refractivity (Wildman–Crippen MR) is 90.0 cm³/mol. The van der Waals surface area contributed by atoms with Crippen LogP contribution in [0.5, 0.6) is 0 Å². The Balaban J connectivity index is 2.51. The van der Waals surface area contributed by atoms with E-state index in [4.69, 9.17) is 5.73 Å². The van der Waals surface area contributed by atoms with Gasteiger partial charge in [0.15, 0.2) is 0 Å². The normalized spacial score (nSPS) is 11.4. The minimum Gasteiger partial charge on any atom is -0.399 e. The van der Waals surface area contributed by atoms with E-state index in [2.05, 4.69) is 20.7 Å². The first-order chi connectivity index (χ1) is 9.72. The van der Waals surface area contributed by atoms with Crippen molar-refractivity contribution in [1.82, 2.24) is 0 Å². The molecule has 0 saturated heterocycles. The van der Waals surface area contributed by atoms with Gasteiger partial charge < -0.3 is 5.73 Å². The molecule has 3 N–H and O–H groups in total. The molecule has 2 aromatic rings. The summed E-state index contributed by atoms with van der Waals surface area (Å²) < 4.78 is 28.7. The number of hydrogen-bond acceptors (Lipinski definition) is 3. The number of benzene rings is 2. The van der Waals surface area contributed by atoms with E-state index in [-0.39, 0.29) is 4.90 Å². The van der Waals surface area contributed by atoms with Gasteiger partial charge >= 0.3 is 0 Å². The molecule has 0 radical (unpaired) electrons. The van der Waals surface area contributed by atoms with Crippen LogP contribution in [0.3, 0.4) is 0 Å². The molecule has 2 aromatic carbocycles. The van der Waals surface area contributed by atoms with Crippen molar-refractivity contribution in [1.29, 1.82) is 0 Å². The lowest BCUT2D eigenvalue weighted by Gasteiger charge is -2.15. The van der Waals surface area contributed by atoms with E-state index >= 15 is 0 Å². The van der Waals surface area contributed by atoms with Crippen LogP contribution in [-0.4, -0.2) is 8.42 Å². The minimum absolute atomic E-state index is 0.269. The van der Waals surface area contributed by atoms with Crippen molar-refractivity contribution in [3.05, 3.63) is 51.5 Å². The Morgan fingerprint density at radius 1 is 1.05 bits per heavy atom. The van der Waals surface area contributed by atoms with Crippen LogP contribution >= 0.6 is 15.9 Å². The van der Waals surface area contributed by atoms with Gasteiger partial charge in [-0.2, -0.15) is 0 Å². The SMILES string of the molecule is Cc1cccc(NS(=O)(=O)c2c(C)cc(N)cc2C)c1Br. The Bertz CT molecular complexity index is 778. The highest BCUT2D eigenvalue weighted by molar-refractivity contribution is 9.10. The molecule has 112 valence electrons. The number of anilines is 2. The Hall–Kier alpha value is -1.53. The number of halogens is 1. The van der Waals surface area contributed by atoms with E-state index in [1.165, 1.54) is 0 Å². The van der Waals surface area contributed by atoms with E-state index in [9.17, 15) is 8.42 Å². The molecule has 0 heterocycles. The second-order valence-corrected chi connectivity index (χ2v) is 7.44. The van der Waals surface area contributed by atoms with Gasteiger partial charge in [0.2, 0.25) is 0 Å². The van der Waals surface area contributed by atoms with Crippen LogP contribution in [0, 0.1) is 20.8 Å². The Kier molecular flexibility index (Phi) is 4.30. The third-order valence-corrected chi connectivity index (χ3v) is 5.91. The molecule has 6 heteroatoms. The number of rotatable bonds is 3. The third-order valence-electron chi connectivity index (χ3n) is 3.19. The number of sulfonamides is 1. The fourth-order valence-electron chi connectivity index (χ4n) is 2.33. The molecule has 0 aliphatic heterocycles. The molecule has 0 atom stereocenters. The molecule has 21 heavy (non-hydrogen) atoms. The highest BCUT2D eigenvalue weighted by Gasteiger charge is 2.21. The lowest BCUT2D eigenvalue weighted by molar-refractivity contribution is 0.600. The van der Waals surface area contributed by atoms with Crippen LogP contribution in [0.15, 0.2) is 39.7 Å². The first kappa shape index (κ1) is 15.9. The average molecular weight is 369 g/mol. The van der Waals surface area contributed by atoms with E-state index in [0.29, 0.717) is 22.5 Å². The number of aryl methyl sites for hydroxylation is 3. The Labute approximate surface area is 133 Å². The summed E-state index contributed by atoms with van der Waals surface area (Å²) in [7, 11) is -3.67. The van der Waals surface area contributed by atoms with Crippen LogP contribution in [0.2, 0.25) is 0 Å². The average Bonchev–Trinajstić information content (AvgIpc) is 2.33. The molecule has 0 bridgehead atoms. The molecule has 0 fully saturated rings. The van der Waals surface area contributed by atoms with Gasteiger partial charge in [-0.15, -0.1) is 0 Å². The first-order valence-corrected chi connectivity index (χ1v) is 8.64. The van der Waals surface area contributed by atoms with Gasteiger partial charge in [0.1, 0.15) is 0 Å². The highest BCUT2D eigenvalue weighted by atomic mass is 79.9. The van der Waals surface area contributed by atoms with Gasteiger partial charge in [-0.05, 0) is 71.6 Å². The van der Waals surface area contributed by atoms with Gasteiger partial charge in [-0.3, -0.25) is 4.72 Å². The zero-order valence-electron chi connectivity index (χ0n) is 12.1. The van der Waals surface area contributed by atoms with Crippen molar-refractivity contribution in [2.45, 2.75) is 25.7 Å². The summed E-state index contributed by atoms with van der Waals surface area (Å²) >= 11 is 3.41. The fourth-order valence-corrected chi connectivity index (χ4v) is 4.35. The van der Waals surface area contributed by atoms with Gasteiger partial charge in [-0.25, -0.2) is 8.42 Å². The zero-order chi connectivity index (χ0) is 15.8. The quantitative estimate of drug-likeness (QED) is 0.810. The maximum atomic E-state index is 12.6. The highest BCUT2D eigenvalue weighted by Crippen LogP contribution is 2.30. The van der Waals surface area contributed by atoms with Crippen molar-refractivity contribution in [3.63, 3.8) is 0 Å². The number of nitrogens with one attached hydrogen (secondary N) is 1. The van der Waals surface area contributed by atoms with Crippen LogP contribution < -0.4 is 10.5 Å². The lowest BCUT2D eigenvalue weighted by atomic mass is 10.1. The number of hydrogen-bond donors (Lipinski definition) is 2. The van der Waals surface area contributed by atoms with Crippen LogP contribution in [-0.2, 0) is 10.0 Å². The predicted octanol–water partition coefficient (Wildman–Crippen LogP) is 3.76. The molecule has 0 unspecified atom stereocenters. The molecule has 4 nitrogen and oxygen atoms in total. The van der Waals surface area contributed by atoms with Gasteiger partial charge in [-0.1, -0.05) is 12.1 Å². The van der Waals surface area contributed by atoms with Crippen molar-refractivity contribution in [2.75, 3.05) is 10.5 Å². The molecule has 0 spiro atoms. The van der Waals surface area contributed by atoms with Crippen LogP contribution in [0.4, 0.5) is 11.4 Å². The first-order valence-electron chi connectivity index (χ1n) is 6.37. The maximum absolute atomic E-state index is 12.6. The van der Waals surface area contributed by atoms with Crippen molar-refractivity contribution >= 4 is 37.3 Å². The smallest absolute Gasteiger partial charge is 0.262 e. The van der Waals surface area contributed by atoms with Crippen molar-refractivity contribution in [3.8, 4) is 0 Å².